The lowest BCUT2D eigenvalue weighted by molar-refractivity contribution is -0.125. The van der Waals surface area contributed by atoms with Crippen molar-refractivity contribution in [3.63, 3.8) is 0 Å². The molecule has 8 nitrogen and oxygen atoms in total. The van der Waals surface area contributed by atoms with Gasteiger partial charge in [0.25, 0.3) is 5.91 Å². The third kappa shape index (κ3) is 4.75. The summed E-state index contributed by atoms with van der Waals surface area (Å²) in [5.41, 5.74) is 4.09. The second-order valence-electron chi connectivity index (χ2n) is 10.3. The summed E-state index contributed by atoms with van der Waals surface area (Å²) < 4.78 is 2.14. The average molecular weight is 500 g/mol. The minimum absolute atomic E-state index is 0.0366. The fourth-order valence-electron chi connectivity index (χ4n) is 5.33. The molecule has 0 aliphatic carbocycles. The van der Waals surface area contributed by atoms with Gasteiger partial charge in [0.15, 0.2) is 0 Å². The minimum atomic E-state index is -0.323. The van der Waals surface area contributed by atoms with Gasteiger partial charge in [-0.15, -0.1) is 0 Å². The summed E-state index contributed by atoms with van der Waals surface area (Å²) in [7, 11) is 0. The predicted molar refractivity (Wildman–Crippen MR) is 144 cm³/mol. The highest BCUT2D eigenvalue weighted by molar-refractivity contribution is 6.08. The summed E-state index contributed by atoms with van der Waals surface area (Å²) in [6.45, 7) is 9.02. The largest absolute Gasteiger partial charge is 0.351 e. The van der Waals surface area contributed by atoms with Gasteiger partial charge in [0.2, 0.25) is 11.8 Å². The summed E-state index contributed by atoms with van der Waals surface area (Å²) in [5.74, 6) is 0.181. The molecule has 8 heteroatoms. The maximum Gasteiger partial charge on any atom is 0.252 e. The molecule has 1 fully saturated rings. The average Bonchev–Trinajstić information content (AvgIpc) is 3.49. The molecular formula is C29H33N5O3. The fourth-order valence-corrected chi connectivity index (χ4v) is 5.33. The zero-order valence-electron chi connectivity index (χ0n) is 21.7. The number of fused-ring (bicyclic) bond motifs is 1. The van der Waals surface area contributed by atoms with E-state index in [1.54, 1.807) is 11.1 Å². The van der Waals surface area contributed by atoms with Crippen LogP contribution in [0, 0.1) is 11.8 Å². The molecule has 2 aliphatic rings. The smallest absolute Gasteiger partial charge is 0.252 e. The van der Waals surface area contributed by atoms with Crippen molar-refractivity contribution in [3.05, 3.63) is 60.1 Å². The highest BCUT2D eigenvalue weighted by atomic mass is 16.2. The summed E-state index contributed by atoms with van der Waals surface area (Å²) in [6.07, 6.45) is 7.19. The van der Waals surface area contributed by atoms with Gasteiger partial charge in [-0.25, -0.2) is 4.98 Å². The third-order valence-electron chi connectivity index (χ3n) is 7.36. The van der Waals surface area contributed by atoms with Gasteiger partial charge in [0.1, 0.15) is 5.82 Å². The second-order valence-corrected chi connectivity index (χ2v) is 10.3. The molecule has 37 heavy (non-hydrogen) atoms. The number of carbonyl (C=O) groups excluding carboxylic acids is 3. The third-order valence-corrected chi connectivity index (χ3v) is 7.36. The molecule has 2 atom stereocenters. The number of benzene rings is 1. The number of hydrogen-bond acceptors (Lipinski definition) is 4. The lowest BCUT2D eigenvalue weighted by Crippen LogP contribution is -2.43. The highest BCUT2D eigenvalue weighted by Crippen LogP contribution is 2.31. The van der Waals surface area contributed by atoms with E-state index in [9.17, 15) is 14.4 Å². The molecule has 3 aromatic rings. The van der Waals surface area contributed by atoms with Gasteiger partial charge < -0.3 is 15.2 Å². The number of hydrogen-bond donors (Lipinski definition) is 2. The molecule has 0 bridgehead atoms. The maximum absolute atomic E-state index is 13.5. The van der Waals surface area contributed by atoms with E-state index in [0.717, 1.165) is 34.1 Å². The summed E-state index contributed by atoms with van der Waals surface area (Å²) >= 11 is 0. The Hall–Kier alpha value is -3.94. The van der Waals surface area contributed by atoms with Crippen molar-refractivity contribution in [2.24, 2.45) is 11.8 Å². The lowest BCUT2D eigenvalue weighted by atomic mass is 9.89. The number of amides is 3. The molecule has 5 rings (SSSR count). The first-order valence-corrected chi connectivity index (χ1v) is 12.9. The van der Waals surface area contributed by atoms with E-state index < -0.39 is 0 Å². The number of allylic oxidation sites excluding steroid dienone is 2. The second kappa shape index (κ2) is 9.84. The summed E-state index contributed by atoms with van der Waals surface area (Å²) in [6, 6.07) is 9.95. The van der Waals surface area contributed by atoms with Gasteiger partial charge in [-0.1, -0.05) is 13.0 Å². The van der Waals surface area contributed by atoms with Crippen LogP contribution in [0.25, 0.3) is 22.0 Å². The molecule has 3 amide bonds. The number of rotatable bonds is 6. The quantitative estimate of drug-likeness (QED) is 0.525. The van der Waals surface area contributed by atoms with Crippen LogP contribution in [0.2, 0.25) is 0 Å². The Morgan fingerprint density at radius 3 is 2.65 bits per heavy atom. The monoisotopic (exact) mass is 499 g/mol. The number of aromatic nitrogens is 2. The zero-order valence-corrected chi connectivity index (χ0v) is 21.7. The van der Waals surface area contributed by atoms with E-state index in [-0.39, 0.29) is 42.1 Å². The molecule has 2 aliphatic heterocycles. The standard InChI is InChI=1S/C29H33N5O3/c1-17(2)33-11-9-22-23(28(36)31-16-24-18(3)12-19(4)32-29(24)37)13-21(14-25(22)33)20-7-8-26(30-15-20)34-10-5-6-27(34)35/h7-9,11-15,17-18,24H,5-6,10,16H2,1-4H3,(H,31,36)(H,32,37). The van der Waals surface area contributed by atoms with Gasteiger partial charge in [0, 0.05) is 65.7 Å². The Morgan fingerprint density at radius 1 is 1.19 bits per heavy atom. The maximum atomic E-state index is 13.5. The SMILES string of the molecule is CC1=CC(C)C(CNC(=O)c2cc(-c3ccc(N4CCCC4=O)nc3)cc3c2ccn3C(C)C)C(=O)N1. The number of carbonyl (C=O) groups is 3. The van der Waals surface area contributed by atoms with Crippen molar-refractivity contribution in [3.8, 4) is 11.1 Å². The van der Waals surface area contributed by atoms with Gasteiger partial charge in [-0.05, 0) is 69.0 Å². The van der Waals surface area contributed by atoms with Crippen molar-refractivity contribution in [2.75, 3.05) is 18.0 Å². The van der Waals surface area contributed by atoms with Crippen molar-refractivity contribution in [1.29, 1.82) is 0 Å². The van der Waals surface area contributed by atoms with Crippen LogP contribution in [0.3, 0.4) is 0 Å². The van der Waals surface area contributed by atoms with E-state index in [1.165, 1.54) is 0 Å². The van der Waals surface area contributed by atoms with Crippen LogP contribution >= 0.6 is 0 Å². The molecule has 192 valence electrons. The van der Waals surface area contributed by atoms with Crippen LogP contribution in [0.15, 0.2) is 54.5 Å². The molecule has 4 heterocycles. The van der Waals surface area contributed by atoms with Crippen molar-refractivity contribution < 1.29 is 14.4 Å². The number of pyridine rings is 1. The Balaban J connectivity index is 1.47. The molecule has 0 spiro atoms. The zero-order chi connectivity index (χ0) is 26.3. The van der Waals surface area contributed by atoms with Crippen LogP contribution in [0.1, 0.15) is 56.9 Å². The van der Waals surface area contributed by atoms with Gasteiger partial charge in [-0.2, -0.15) is 0 Å². The van der Waals surface area contributed by atoms with E-state index in [2.05, 4.69) is 40.1 Å². The van der Waals surface area contributed by atoms with Crippen molar-refractivity contribution >= 4 is 34.4 Å². The fraction of sp³-hybridized carbons (Fsp3) is 0.379. The molecule has 0 radical (unpaired) electrons. The molecule has 1 aromatic carbocycles. The first-order chi connectivity index (χ1) is 17.7. The van der Waals surface area contributed by atoms with Crippen LogP contribution in [0.4, 0.5) is 5.82 Å². The van der Waals surface area contributed by atoms with Gasteiger partial charge in [0.05, 0.1) is 5.92 Å². The Bertz CT molecular complexity index is 1400. The summed E-state index contributed by atoms with van der Waals surface area (Å²) in [4.78, 5) is 44.4. The highest BCUT2D eigenvalue weighted by Gasteiger charge is 2.29. The van der Waals surface area contributed by atoms with Gasteiger partial charge in [-0.3, -0.25) is 19.3 Å². The predicted octanol–water partition coefficient (Wildman–Crippen LogP) is 4.43. The number of nitrogens with zero attached hydrogens (tertiary/aromatic N) is 3. The lowest BCUT2D eigenvalue weighted by Gasteiger charge is -2.26. The van der Waals surface area contributed by atoms with Gasteiger partial charge >= 0.3 is 0 Å². The topological polar surface area (TPSA) is 96.3 Å². The van der Waals surface area contributed by atoms with Crippen molar-refractivity contribution in [2.45, 2.75) is 46.6 Å². The van der Waals surface area contributed by atoms with Crippen LogP contribution < -0.4 is 15.5 Å². The normalized spacial score (nSPS) is 19.9. The molecule has 2 unspecified atom stereocenters. The number of anilines is 1. The van der Waals surface area contributed by atoms with Crippen LogP contribution in [0.5, 0.6) is 0 Å². The Kier molecular flexibility index (Phi) is 6.58. The molecule has 1 saturated heterocycles. The van der Waals surface area contributed by atoms with Crippen LogP contribution in [-0.2, 0) is 9.59 Å². The number of nitrogens with one attached hydrogen (secondary N) is 2. The molecule has 0 saturated carbocycles. The van der Waals surface area contributed by atoms with E-state index >= 15 is 0 Å². The summed E-state index contributed by atoms with van der Waals surface area (Å²) in [5, 5.41) is 6.73. The first-order valence-electron chi connectivity index (χ1n) is 12.9. The van der Waals surface area contributed by atoms with Crippen molar-refractivity contribution in [1.82, 2.24) is 20.2 Å². The molecule has 2 N–H and O–H groups in total. The minimum Gasteiger partial charge on any atom is -0.351 e. The Morgan fingerprint density at radius 2 is 2.00 bits per heavy atom. The Labute approximate surface area is 216 Å². The molecular weight excluding hydrogens is 466 g/mol. The first kappa shape index (κ1) is 24.7. The van der Waals surface area contributed by atoms with E-state index in [4.69, 9.17) is 0 Å². The van der Waals surface area contributed by atoms with E-state index in [1.807, 2.05) is 50.4 Å². The van der Waals surface area contributed by atoms with Crippen LogP contribution in [-0.4, -0.2) is 40.4 Å². The van der Waals surface area contributed by atoms with E-state index in [0.29, 0.717) is 24.3 Å². The molecule has 2 aromatic heterocycles.